The molecule has 5 rings (SSSR count). The van der Waals surface area contributed by atoms with Gasteiger partial charge in [-0.1, -0.05) is 48.5 Å². The van der Waals surface area contributed by atoms with Crippen LogP contribution in [0.15, 0.2) is 117 Å². The van der Waals surface area contributed by atoms with Gasteiger partial charge in [0.1, 0.15) is 11.4 Å². The third-order valence-corrected chi connectivity index (χ3v) is 9.92. The highest BCUT2D eigenvalue weighted by atomic mass is 32.2. The summed E-state index contributed by atoms with van der Waals surface area (Å²) in [4.78, 5) is 32.7. The second-order valence-corrected chi connectivity index (χ2v) is 14.4. The minimum absolute atomic E-state index is 0.129. The number of azo groups is 1. The zero-order valence-corrected chi connectivity index (χ0v) is 31.5. The van der Waals surface area contributed by atoms with Crippen molar-refractivity contribution in [2.24, 2.45) is 10.2 Å². The van der Waals surface area contributed by atoms with Crippen molar-refractivity contribution < 1.29 is 44.9 Å². The van der Waals surface area contributed by atoms with Crippen LogP contribution in [0, 0.1) is 23.3 Å². The van der Waals surface area contributed by atoms with E-state index in [-0.39, 0.29) is 65.6 Å². The molecule has 0 bridgehead atoms. The predicted octanol–water partition coefficient (Wildman–Crippen LogP) is 7.43. The van der Waals surface area contributed by atoms with Crippen molar-refractivity contribution in [3.05, 3.63) is 149 Å². The molecule has 0 aliphatic heterocycles. The second-order valence-electron chi connectivity index (χ2n) is 12.0. The number of amides is 2. The average molecular weight is 823 g/mol. The first kappa shape index (κ1) is 42.2. The number of nitrogens with one attached hydrogen (secondary N) is 2. The molecular formula is C39H34F4N6O6S2. The van der Waals surface area contributed by atoms with E-state index in [2.05, 4.69) is 30.8 Å². The quantitative estimate of drug-likeness (QED) is 0.0155. The number of carbonyl (C=O) groups is 2. The van der Waals surface area contributed by atoms with Crippen molar-refractivity contribution in [2.45, 2.75) is 34.9 Å². The fourth-order valence-corrected chi connectivity index (χ4v) is 6.66. The topological polar surface area (TPSA) is 172 Å². The maximum Gasteiger partial charge on any atom is 0.294 e. The van der Waals surface area contributed by atoms with Gasteiger partial charge >= 0.3 is 0 Å². The number of ether oxygens (including phenoxy) is 1. The van der Waals surface area contributed by atoms with Gasteiger partial charge in [-0.2, -0.15) is 13.5 Å². The minimum Gasteiger partial charge on any atom is -0.491 e. The molecule has 5 aromatic rings. The molecule has 0 saturated heterocycles. The fraction of sp³-hybridized carbons (Fsp3) is 0.179. The van der Waals surface area contributed by atoms with Crippen molar-refractivity contribution in [3.63, 3.8) is 0 Å². The van der Waals surface area contributed by atoms with Crippen LogP contribution in [0.3, 0.4) is 0 Å². The lowest BCUT2D eigenvalue weighted by Gasteiger charge is -2.11. The molecule has 18 heteroatoms. The van der Waals surface area contributed by atoms with Crippen LogP contribution in [-0.4, -0.2) is 54.4 Å². The Labute approximate surface area is 329 Å². The van der Waals surface area contributed by atoms with E-state index in [1.165, 1.54) is 54.7 Å². The van der Waals surface area contributed by atoms with E-state index in [4.69, 9.17) is 4.74 Å². The SMILES string of the molecule is O=C(C=Cc1nc(CSc2c(F)c(F)cc(F)c2F)ccc1OCCc1ccccc1)NCCCNC(=O)c1ccc(N=NCc2ccccc2S(=O)(=O)O)nc1. The Kier molecular flexibility index (Phi) is 15.0. The normalized spacial score (nSPS) is 11.6. The molecule has 0 aliphatic rings. The van der Waals surface area contributed by atoms with E-state index < -0.39 is 50.1 Å². The molecular weight excluding hydrogens is 789 g/mol. The van der Waals surface area contributed by atoms with Gasteiger partial charge in [-0.05, 0) is 54.0 Å². The molecule has 0 unspecified atom stereocenters. The number of nitrogens with zero attached hydrogens (tertiary/aromatic N) is 4. The van der Waals surface area contributed by atoms with Crippen molar-refractivity contribution in [1.82, 2.24) is 20.6 Å². The Hall–Kier alpha value is -5.98. The van der Waals surface area contributed by atoms with Crippen LogP contribution in [0.5, 0.6) is 5.75 Å². The summed E-state index contributed by atoms with van der Waals surface area (Å²) in [6, 6.07) is 21.6. The summed E-state index contributed by atoms with van der Waals surface area (Å²) in [5, 5.41) is 13.3. The highest BCUT2D eigenvalue weighted by molar-refractivity contribution is 7.98. The third-order valence-electron chi connectivity index (χ3n) is 7.88. The highest BCUT2D eigenvalue weighted by Gasteiger charge is 2.20. The summed E-state index contributed by atoms with van der Waals surface area (Å²) in [6.07, 6.45) is 4.88. The molecule has 2 heterocycles. The van der Waals surface area contributed by atoms with Crippen molar-refractivity contribution >= 4 is 45.6 Å². The summed E-state index contributed by atoms with van der Waals surface area (Å²) in [7, 11) is -4.42. The lowest BCUT2D eigenvalue weighted by Crippen LogP contribution is -2.29. The molecule has 57 heavy (non-hydrogen) atoms. The molecule has 0 spiro atoms. The lowest BCUT2D eigenvalue weighted by atomic mass is 10.2. The molecule has 3 N–H and O–H groups in total. The van der Waals surface area contributed by atoms with E-state index in [0.29, 0.717) is 36.0 Å². The Morgan fingerprint density at radius 3 is 2.33 bits per heavy atom. The zero-order chi connectivity index (χ0) is 40.8. The minimum atomic E-state index is -4.42. The third kappa shape index (κ3) is 12.5. The van der Waals surface area contributed by atoms with E-state index in [0.717, 1.165) is 5.56 Å². The summed E-state index contributed by atoms with van der Waals surface area (Å²) in [5.41, 5.74) is 2.05. The number of hydrogen-bond acceptors (Lipinski definition) is 10. The molecule has 2 amide bonds. The molecule has 296 valence electrons. The Morgan fingerprint density at radius 2 is 1.61 bits per heavy atom. The van der Waals surface area contributed by atoms with Gasteiger partial charge in [-0.3, -0.25) is 14.1 Å². The summed E-state index contributed by atoms with van der Waals surface area (Å²) < 4.78 is 94.2. The summed E-state index contributed by atoms with van der Waals surface area (Å²) >= 11 is 0.529. The van der Waals surface area contributed by atoms with E-state index in [1.807, 2.05) is 30.3 Å². The van der Waals surface area contributed by atoms with Gasteiger partial charge in [0.05, 0.1) is 34.2 Å². The first-order valence-corrected chi connectivity index (χ1v) is 19.6. The van der Waals surface area contributed by atoms with Crippen LogP contribution in [-0.2, 0) is 33.6 Å². The number of rotatable bonds is 18. The van der Waals surface area contributed by atoms with Crippen LogP contribution in [0.1, 0.15) is 39.3 Å². The van der Waals surface area contributed by atoms with Crippen LogP contribution in [0.25, 0.3) is 6.08 Å². The standard InChI is InChI=1S/C39H34F4N6O6S2/c40-29-21-30(41)37(43)38(36(29)42)56-24-28-12-14-32(55-20-17-25-7-2-1-3-8-25)31(48-28)13-16-35(50)44-18-6-19-45-39(51)27-11-15-34(46-22-27)49-47-23-26-9-4-5-10-33(26)57(52,53)54/h1-5,7-16,21-22H,6,17-20,23-24H2,(H,44,50)(H,45,51)(H,52,53,54). The van der Waals surface area contributed by atoms with Crippen LogP contribution in [0.4, 0.5) is 23.4 Å². The van der Waals surface area contributed by atoms with Gasteiger partial charge < -0.3 is 15.4 Å². The van der Waals surface area contributed by atoms with Gasteiger partial charge in [0, 0.05) is 43.6 Å². The van der Waals surface area contributed by atoms with Crippen molar-refractivity contribution in [2.75, 3.05) is 19.7 Å². The largest absolute Gasteiger partial charge is 0.491 e. The monoisotopic (exact) mass is 822 g/mol. The lowest BCUT2D eigenvalue weighted by molar-refractivity contribution is -0.116. The Bertz CT molecular complexity index is 2340. The molecule has 0 aliphatic carbocycles. The highest BCUT2D eigenvalue weighted by Crippen LogP contribution is 2.32. The number of pyridine rings is 2. The molecule has 2 aromatic heterocycles. The van der Waals surface area contributed by atoms with Gasteiger partial charge in [-0.15, -0.1) is 16.9 Å². The average Bonchev–Trinajstić information content (AvgIpc) is 3.20. The number of hydrogen-bond donors (Lipinski definition) is 3. The van der Waals surface area contributed by atoms with Gasteiger partial charge in [0.15, 0.2) is 29.1 Å². The smallest absolute Gasteiger partial charge is 0.294 e. The summed E-state index contributed by atoms with van der Waals surface area (Å²) in [5.74, 6) is -6.61. The fourth-order valence-electron chi connectivity index (χ4n) is 5.04. The van der Waals surface area contributed by atoms with E-state index in [1.54, 1.807) is 12.1 Å². The first-order chi connectivity index (χ1) is 27.4. The first-order valence-electron chi connectivity index (χ1n) is 17.1. The maximum absolute atomic E-state index is 14.2. The number of aromatic nitrogens is 2. The van der Waals surface area contributed by atoms with Gasteiger partial charge in [0.25, 0.3) is 16.0 Å². The number of thioether (sulfide) groups is 1. The van der Waals surface area contributed by atoms with E-state index in [9.17, 15) is 40.1 Å². The molecule has 0 saturated carbocycles. The number of halogens is 4. The summed E-state index contributed by atoms with van der Waals surface area (Å²) in [6.45, 7) is 0.568. The maximum atomic E-state index is 14.2. The molecule has 0 fully saturated rings. The number of benzene rings is 3. The van der Waals surface area contributed by atoms with E-state index >= 15 is 0 Å². The second kappa shape index (κ2) is 20.3. The molecule has 0 radical (unpaired) electrons. The predicted molar refractivity (Wildman–Crippen MR) is 203 cm³/mol. The van der Waals surface area contributed by atoms with Crippen LogP contribution in [0.2, 0.25) is 0 Å². The Balaban J connectivity index is 1.11. The number of carbonyl (C=O) groups excluding carboxylic acids is 2. The molecule has 0 atom stereocenters. The van der Waals surface area contributed by atoms with Gasteiger partial charge in [0.2, 0.25) is 5.91 Å². The Morgan fingerprint density at radius 1 is 0.895 bits per heavy atom. The molecule has 12 nitrogen and oxygen atoms in total. The molecule has 3 aromatic carbocycles. The van der Waals surface area contributed by atoms with Crippen molar-refractivity contribution in [3.8, 4) is 5.75 Å². The van der Waals surface area contributed by atoms with Crippen LogP contribution < -0.4 is 15.4 Å². The zero-order valence-electron chi connectivity index (χ0n) is 29.9. The van der Waals surface area contributed by atoms with Gasteiger partial charge in [-0.25, -0.2) is 27.5 Å². The van der Waals surface area contributed by atoms with Crippen molar-refractivity contribution in [1.29, 1.82) is 0 Å². The van der Waals surface area contributed by atoms with Crippen LogP contribution >= 0.6 is 11.8 Å².